The van der Waals surface area contributed by atoms with Crippen LogP contribution in [0.5, 0.6) is 0 Å². The van der Waals surface area contributed by atoms with Gasteiger partial charge in [0, 0.05) is 25.1 Å². The van der Waals surface area contributed by atoms with E-state index in [0.717, 1.165) is 35.3 Å². The zero-order valence-corrected chi connectivity index (χ0v) is 13.6. The standard InChI is InChI=1S/C18H18N4O3/c23-18(12-13-7-9-14(10-8-13)22(24)25)19-11-3-6-17-20-15-4-1-2-5-16(15)21-17/h1-2,4-5,7-10H,3,6,11-12H2,(H,19,23)(H,20,21). The first-order chi connectivity index (χ1) is 12.1. The Hall–Kier alpha value is -3.22. The quantitative estimate of drug-likeness (QED) is 0.393. The number of aromatic nitrogens is 2. The van der Waals surface area contributed by atoms with Crippen molar-refractivity contribution >= 4 is 22.6 Å². The molecule has 0 aliphatic carbocycles. The van der Waals surface area contributed by atoms with Crippen molar-refractivity contribution in [3.8, 4) is 0 Å². The van der Waals surface area contributed by atoms with Crippen LogP contribution in [0.25, 0.3) is 11.0 Å². The van der Waals surface area contributed by atoms with Crippen molar-refractivity contribution in [2.45, 2.75) is 19.3 Å². The van der Waals surface area contributed by atoms with Crippen molar-refractivity contribution in [1.29, 1.82) is 0 Å². The average molecular weight is 338 g/mol. The van der Waals surface area contributed by atoms with E-state index in [1.54, 1.807) is 12.1 Å². The van der Waals surface area contributed by atoms with Crippen LogP contribution in [-0.4, -0.2) is 27.3 Å². The number of non-ortho nitro benzene ring substituents is 1. The normalized spacial score (nSPS) is 10.7. The van der Waals surface area contributed by atoms with Gasteiger partial charge in [-0.3, -0.25) is 14.9 Å². The van der Waals surface area contributed by atoms with E-state index in [9.17, 15) is 14.9 Å². The topological polar surface area (TPSA) is 101 Å². The molecule has 0 saturated carbocycles. The van der Waals surface area contributed by atoms with Crippen LogP contribution in [0.4, 0.5) is 5.69 Å². The fraction of sp³-hybridized carbons (Fsp3) is 0.222. The summed E-state index contributed by atoms with van der Waals surface area (Å²) >= 11 is 0. The Kier molecular flexibility index (Phi) is 5.03. The Morgan fingerprint density at radius 3 is 2.64 bits per heavy atom. The summed E-state index contributed by atoms with van der Waals surface area (Å²) < 4.78 is 0. The first kappa shape index (κ1) is 16.6. The van der Waals surface area contributed by atoms with Gasteiger partial charge >= 0.3 is 0 Å². The molecule has 3 rings (SSSR count). The molecule has 128 valence electrons. The molecule has 0 bridgehead atoms. The minimum absolute atomic E-state index is 0.0231. The van der Waals surface area contributed by atoms with E-state index in [4.69, 9.17) is 0 Å². The maximum Gasteiger partial charge on any atom is 0.269 e. The third kappa shape index (κ3) is 4.41. The van der Waals surface area contributed by atoms with Crippen LogP contribution >= 0.6 is 0 Å². The predicted octanol–water partition coefficient (Wildman–Crippen LogP) is 2.76. The SMILES string of the molecule is O=C(Cc1ccc([N+](=O)[O-])cc1)NCCCc1nc2ccccc2[nH]1. The highest BCUT2D eigenvalue weighted by Crippen LogP contribution is 2.13. The lowest BCUT2D eigenvalue weighted by atomic mass is 10.1. The van der Waals surface area contributed by atoms with Gasteiger partial charge in [0.15, 0.2) is 0 Å². The van der Waals surface area contributed by atoms with Crippen molar-refractivity contribution in [2.24, 2.45) is 0 Å². The number of fused-ring (bicyclic) bond motifs is 1. The molecule has 0 aliphatic rings. The summed E-state index contributed by atoms with van der Waals surface area (Å²) in [6.07, 6.45) is 1.75. The van der Waals surface area contributed by atoms with Crippen LogP contribution in [0.3, 0.4) is 0 Å². The second-order valence-corrected chi connectivity index (χ2v) is 5.75. The number of nitro groups is 1. The number of para-hydroxylation sites is 2. The molecule has 3 aromatic rings. The maximum absolute atomic E-state index is 11.9. The van der Waals surface area contributed by atoms with E-state index >= 15 is 0 Å². The van der Waals surface area contributed by atoms with Crippen LogP contribution < -0.4 is 5.32 Å². The number of amides is 1. The highest BCUT2D eigenvalue weighted by atomic mass is 16.6. The molecular formula is C18H18N4O3. The number of carbonyl (C=O) groups is 1. The number of nitrogens with one attached hydrogen (secondary N) is 2. The Balaban J connectivity index is 1.42. The number of carbonyl (C=O) groups excluding carboxylic acids is 1. The molecular weight excluding hydrogens is 320 g/mol. The van der Waals surface area contributed by atoms with E-state index in [0.29, 0.717) is 6.54 Å². The van der Waals surface area contributed by atoms with Gasteiger partial charge in [0.25, 0.3) is 5.69 Å². The number of hydrogen-bond acceptors (Lipinski definition) is 4. The average Bonchev–Trinajstić information content (AvgIpc) is 3.02. The van der Waals surface area contributed by atoms with Gasteiger partial charge in [0.2, 0.25) is 5.91 Å². The molecule has 2 N–H and O–H groups in total. The largest absolute Gasteiger partial charge is 0.356 e. The Morgan fingerprint density at radius 1 is 1.16 bits per heavy atom. The summed E-state index contributed by atoms with van der Waals surface area (Å²) in [5, 5.41) is 13.5. The summed E-state index contributed by atoms with van der Waals surface area (Å²) in [5.74, 6) is 0.810. The number of hydrogen-bond donors (Lipinski definition) is 2. The van der Waals surface area contributed by atoms with Gasteiger partial charge < -0.3 is 10.3 Å². The van der Waals surface area contributed by atoms with Gasteiger partial charge in [-0.05, 0) is 24.1 Å². The fourth-order valence-electron chi connectivity index (χ4n) is 2.59. The van der Waals surface area contributed by atoms with Crippen LogP contribution in [0.15, 0.2) is 48.5 Å². The predicted molar refractivity (Wildman–Crippen MR) is 94.2 cm³/mol. The monoisotopic (exact) mass is 338 g/mol. The lowest BCUT2D eigenvalue weighted by Gasteiger charge is -2.04. The van der Waals surface area contributed by atoms with Gasteiger partial charge in [-0.1, -0.05) is 24.3 Å². The lowest BCUT2D eigenvalue weighted by Crippen LogP contribution is -2.26. The second kappa shape index (κ2) is 7.57. The van der Waals surface area contributed by atoms with Gasteiger partial charge in [0.05, 0.1) is 22.4 Å². The molecule has 0 spiro atoms. The van der Waals surface area contributed by atoms with Crippen LogP contribution in [0.1, 0.15) is 17.8 Å². The van der Waals surface area contributed by atoms with Crippen molar-refractivity contribution in [3.63, 3.8) is 0 Å². The van der Waals surface area contributed by atoms with Gasteiger partial charge in [-0.25, -0.2) is 4.98 Å². The molecule has 7 heteroatoms. The van der Waals surface area contributed by atoms with E-state index in [2.05, 4.69) is 15.3 Å². The lowest BCUT2D eigenvalue weighted by molar-refractivity contribution is -0.384. The Labute approximate surface area is 144 Å². The number of nitro benzene ring substituents is 1. The molecule has 1 heterocycles. The molecule has 25 heavy (non-hydrogen) atoms. The minimum atomic E-state index is -0.456. The number of imidazole rings is 1. The molecule has 7 nitrogen and oxygen atoms in total. The number of rotatable bonds is 7. The van der Waals surface area contributed by atoms with E-state index in [-0.39, 0.29) is 18.0 Å². The molecule has 0 radical (unpaired) electrons. The third-order valence-electron chi connectivity index (χ3n) is 3.86. The van der Waals surface area contributed by atoms with Gasteiger partial charge in [-0.2, -0.15) is 0 Å². The number of benzene rings is 2. The van der Waals surface area contributed by atoms with Crippen LogP contribution in [0, 0.1) is 10.1 Å². The van der Waals surface area contributed by atoms with E-state index in [1.807, 2.05) is 24.3 Å². The van der Waals surface area contributed by atoms with Crippen molar-refractivity contribution < 1.29 is 9.72 Å². The van der Waals surface area contributed by atoms with E-state index in [1.165, 1.54) is 12.1 Å². The highest BCUT2D eigenvalue weighted by Gasteiger charge is 2.07. The first-order valence-corrected chi connectivity index (χ1v) is 8.05. The minimum Gasteiger partial charge on any atom is -0.356 e. The molecule has 0 atom stereocenters. The zero-order valence-electron chi connectivity index (χ0n) is 13.6. The van der Waals surface area contributed by atoms with Crippen molar-refractivity contribution in [3.05, 3.63) is 70.0 Å². The first-order valence-electron chi connectivity index (χ1n) is 8.05. The number of H-pyrrole nitrogens is 1. The van der Waals surface area contributed by atoms with Crippen LogP contribution in [0.2, 0.25) is 0 Å². The van der Waals surface area contributed by atoms with Gasteiger partial charge in [-0.15, -0.1) is 0 Å². The third-order valence-corrected chi connectivity index (χ3v) is 3.86. The fourth-order valence-corrected chi connectivity index (χ4v) is 2.59. The Morgan fingerprint density at radius 2 is 1.92 bits per heavy atom. The molecule has 2 aromatic carbocycles. The van der Waals surface area contributed by atoms with E-state index < -0.39 is 4.92 Å². The van der Waals surface area contributed by atoms with Gasteiger partial charge in [0.1, 0.15) is 5.82 Å². The summed E-state index contributed by atoms with van der Waals surface area (Å²) in [6.45, 7) is 0.558. The number of nitrogens with zero attached hydrogens (tertiary/aromatic N) is 2. The Bertz CT molecular complexity index is 854. The van der Waals surface area contributed by atoms with Crippen molar-refractivity contribution in [2.75, 3.05) is 6.54 Å². The smallest absolute Gasteiger partial charge is 0.269 e. The summed E-state index contributed by atoms with van der Waals surface area (Å²) in [4.78, 5) is 29.8. The molecule has 0 saturated heterocycles. The zero-order chi connectivity index (χ0) is 17.6. The number of aryl methyl sites for hydroxylation is 1. The number of aromatic amines is 1. The molecule has 0 aliphatic heterocycles. The van der Waals surface area contributed by atoms with Crippen LogP contribution in [-0.2, 0) is 17.6 Å². The molecule has 1 aromatic heterocycles. The maximum atomic E-state index is 11.9. The summed E-state index contributed by atoms with van der Waals surface area (Å²) in [7, 11) is 0. The highest BCUT2D eigenvalue weighted by molar-refractivity contribution is 5.78. The van der Waals surface area contributed by atoms with Crippen molar-refractivity contribution in [1.82, 2.24) is 15.3 Å². The summed E-state index contributed by atoms with van der Waals surface area (Å²) in [5.41, 5.74) is 2.73. The molecule has 0 unspecified atom stereocenters. The summed E-state index contributed by atoms with van der Waals surface area (Å²) in [6, 6.07) is 13.9. The molecule has 1 amide bonds. The molecule has 0 fully saturated rings. The second-order valence-electron chi connectivity index (χ2n) is 5.75.